The average molecular weight is 448 g/mol. The first kappa shape index (κ1) is 21.6. The summed E-state index contributed by atoms with van der Waals surface area (Å²) in [5.74, 6) is -0.339. The van der Waals surface area contributed by atoms with Crippen molar-refractivity contribution < 1.29 is 4.79 Å². The summed E-state index contributed by atoms with van der Waals surface area (Å²) >= 11 is 5.95. The molecule has 0 bridgehead atoms. The molecule has 4 rings (SSSR count). The van der Waals surface area contributed by atoms with E-state index in [9.17, 15) is 14.4 Å². The smallest absolute Gasteiger partial charge is 0.317 e. The lowest BCUT2D eigenvalue weighted by Gasteiger charge is -2.15. The normalized spacial score (nSPS) is 10.9. The van der Waals surface area contributed by atoms with Crippen molar-refractivity contribution in [1.82, 2.24) is 14.5 Å². The number of hydrogen-bond donors (Lipinski definition) is 1. The predicted octanol–water partition coefficient (Wildman–Crippen LogP) is 3.49. The highest BCUT2D eigenvalue weighted by Crippen LogP contribution is 2.14. The standard InChI is InChI=1S/C25H22ClN3O3/c1-17-5-4-6-19(13-17)14-27-23(30)16-29-22-8-3-2-7-21(22)28(24(31)25(29)32)15-18-9-11-20(26)12-10-18/h2-13H,14-16H2,1H3,(H,27,30). The third-order valence-corrected chi connectivity index (χ3v) is 5.52. The fourth-order valence-electron chi connectivity index (χ4n) is 3.68. The van der Waals surface area contributed by atoms with Gasteiger partial charge in [0.05, 0.1) is 17.6 Å². The molecule has 0 saturated heterocycles. The summed E-state index contributed by atoms with van der Waals surface area (Å²) in [7, 11) is 0. The Morgan fingerprint density at radius 3 is 2.19 bits per heavy atom. The van der Waals surface area contributed by atoms with Crippen LogP contribution in [0.1, 0.15) is 16.7 Å². The molecule has 0 unspecified atom stereocenters. The summed E-state index contributed by atoms with van der Waals surface area (Å²) in [6.07, 6.45) is 0. The summed E-state index contributed by atoms with van der Waals surface area (Å²) in [5, 5.41) is 3.42. The van der Waals surface area contributed by atoms with E-state index in [4.69, 9.17) is 11.6 Å². The van der Waals surface area contributed by atoms with Crippen LogP contribution in [0, 0.1) is 6.92 Å². The van der Waals surface area contributed by atoms with Gasteiger partial charge in [0.25, 0.3) is 0 Å². The number of carbonyl (C=O) groups excluding carboxylic acids is 1. The monoisotopic (exact) mass is 447 g/mol. The maximum absolute atomic E-state index is 12.9. The van der Waals surface area contributed by atoms with Crippen LogP contribution in [-0.2, 0) is 24.4 Å². The number of hydrogen-bond acceptors (Lipinski definition) is 3. The number of benzene rings is 3. The van der Waals surface area contributed by atoms with Gasteiger partial charge in [-0.1, -0.05) is 65.7 Å². The highest BCUT2D eigenvalue weighted by atomic mass is 35.5. The Morgan fingerprint density at radius 2 is 1.50 bits per heavy atom. The quantitative estimate of drug-likeness (QED) is 0.460. The number of aryl methyl sites for hydroxylation is 1. The Labute approximate surface area is 189 Å². The number of carbonyl (C=O) groups is 1. The molecule has 7 heteroatoms. The van der Waals surface area contributed by atoms with Gasteiger partial charge in [-0.05, 0) is 42.3 Å². The van der Waals surface area contributed by atoms with Crippen molar-refractivity contribution in [2.45, 2.75) is 26.6 Å². The molecular formula is C25H22ClN3O3. The molecule has 6 nitrogen and oxygen atoms in total. The molecule has 1 amide bonds. The maximum Gasteiger partial charge on any atom is 0.317 e. The van der Waals surface area contributed by atoms with Crippen LogP contribution in [-0.4, -0.2) is 15.0 Å². The first-order valence-corrected chi connectivity index (χ1v) is 10.6. The molecule has 0 atom stereocenters. The molecule has 0 aliphatic heterocycles. The number of halogens is 1. The molecule has 4 aromatic rings. The van der Waals surface area contributed by atoms with Crippen LogP contribution < -0.4 is 16.4 Å². The molecule has 0 spiro atoms. The molecule has 1 N–H and O–H groups in total. The lowest BCUT2D eigenvalue weighted by Crippen LogP contribution is -2.44. The third kappa shape index (κ3) is 4.65. The van der Waals surface area contributed by atoms with Crippen LogP contribution in [0.5, 0.6) is 0 Å². The molecular weight excluding hydrogens is 426 g/mol. The fraction of sp³-hybridized carbons (Fsp3) is 0.160. The largest absolute Gasteiger partial charge is 0.350 e. The van der Waals surface area contributed by atoms with Crippen molar-refractivity contribution in [3.63, 3.8) is 0 Å². The fourth-order valence-corrected chi connectivity index (χ4v) is 3.80. The van der Waals surface area contributed by atoms with Gasteiger partial charge in [0.2, 0.25) is 5.91 Å². The second-order valence-electron chi connectivity index (χ2n) is 7.66. The summed E-state index contributed by atoms with van der Waals surface area (Å²) in [6.45, 7) is 2.32. The number of nitrogens with zero attached hydrogens (tertiary/aromatic N) is 2. The number of nitrogens with one attached hydrogen (secondary N) is 1. The van der Waals surface area contributed by atoms with Gasteiger partial charge in [-0.3, -0.25) is 23.5 Å². The van der Waals surface area contributed by atoms with Gasteiger partial charge in [-0.2, -0.15) is 0 Å². The van der Waals surface area contributed by atoms with E-state index in [-0.39, 0.29) is 19.0 Å². The summed E-state index contributed by atoms with van der Waals surface area (Å²) < 4.78 is 2.67. The van der Waals surface area contributed by atoms with Crippen LogP contribution in [0.25, 0.3) is 11.0 Å². The van der Waals surface area contributed by atoms with Crippen LogP contribution in [0.2, 0.25) is 5.02 Å². The van der Waals surface area contributed by atoms with E-state index in [1.165, 1.54) is 9.13 Å². The molecule has 0 aliphatic rings. The molecule has 0 fully saturated rings. The van der Waals surface area contributed by atoms with E-state index < -0.39 is 11.1 Å². The van der Waals surface area contributed by atoms with Crippen LogP contribution in [0.3, 0.4) is 0 Å². The zero-order valence-corrected chi connectivity index (χ0v) is 18.3. The van der Waals surface area contributed by atoms with Gasteiger partial charge in [0.1, 0.15) is 6.54 Å². The van der Waals surface area contributed by atoms with Crippen molar-refractivity contribution >= 4 is 28.5 Å². The lowest BCUT2D eigenvalue weighted by atomic mass is 10.1. The third-order valence-electron chi connectivity index (χ3n) is 5.26. The summed E-state index contributed by atoms with van der Waals surface area (Å²) in [6, 6.07) is 22.0. The highest BCUT2D eigenvalue weighted by Gasteiger charge is 2.15. The molecule has 0 aliphatic carbocycles. The first-order valence-electron chi connectivity index (χ1n) is 10.2. The minimum absolute atomic E-state index is 0.228. The van der Waals surface area contributed by atoms with Gasteiger partial charge in [0, 0.05) is 11.6 Å². The van der Waals surface area contributed by atoms with E-state index in [0.29, 0.717) is 22.6 Å². The van der Waals surface area contributed by atoms with E-state index >= 15 is 0 Å². The van der Waals surface area contributed by atoms with Gasteiger partial charge in [-0.25, -0.2) is 0 Å². The number of rotatable bonds is 6. The minimum Gasteiger partial charge on any atom is -0.350 e. The van der Waals surface area contributed by atoms with E-state index in [1.807, 2.05) is 43.3 Å². The van der Waals surface area contributed by atoms with Gasteiger partial charge in [0.15, 0.2) is 0 Å². The predicted molar refractivity (Wildman–Crippen MR) is 126 cm³/mol. The molecule has 3 aromatic carbocycles. The summed E-state index contributed by atoms with van der Waals surface area (Å²) in [5.41, 5.74) is 2.61. The van der Waals surface area contributed by atoms with Crippen molar-refractivity contribution in [1.29, 1.82) is 0 Å². The average Bonchev–Trinajstić information content (AvgIpc) is 2.79. The number of fused-ring (bicyclic) bond motifs is 1. The van der Waals surface area contributed by atoms with Crippen molar-refractivity contribution in [3.05, 3.63) is 115 Å². The second kappa shape index (κ2) is 9.24. The Balaban J connectivity index is 1.64. The topological polar surface area (TPSA) is 73.1 Å². The Hall–Kier alpha value is -3.64. The second-order valence-corrected chi connectivity index (χ2v) is 8.10. The van der Waals surface area contributed by atoms with Crippen molar-refractivity contribution in [2.75, 3.05) is 0 Å². The number of aromatic nitrogens is 2. The molecule has 1 aromatic heterocycles. The highest BCUT2D eigenvalue weighted by molar-refractivity contribution is 6.30. The Bertz CT molecular complexity index is 1400. The van der Waals surface area contributed by atoms with Gasteiger partial charge in [-0.15, -0.1) is 0 Å². The van der Waals surface area contributed by atoms with Crippen LogP contribution in [0.4, 0.5) is 0 Å². The van der Waals surface area contributed by atoms with E-state index in [1.54, 1.807) is 36.4 Å². The molecule has 1 heterocycles. The maximum atomic E-state index is 12.9. The van der Waals surface area contributed by atoms with Gasteiger partial charge >= 0.3 is 11.1 Å². The van der Waals surface area contributed by atoms with Crippen molar-refractivity contribution in [3.8, 4) is 0 Å². The first-order chi connectivity index (χ1) is 15.4. The van der Waals surface area contributed by atoms with Crippen LogP contribution in [0.15, 0.2) is 82.4 Å². The minimum atomic E-state index is -0.733. The van der Waals surface area contributed by atoms with Crippen molar-refractivity contribution in [2.24, 2.45) is 0 Å². The Kier molecular flexibility index (Phi) is 6.23. The van der Waals surface area contributed by atoms with E-state index in [0.717, 1.165) is 16.7 Å². The van der Waals surface area contributed by atoms with E-state index in [2.05, 4.69) is 5.32 Å². The SMILES string of the molecule is Cc1cccc(CNC(=O)Cn2c(=O)c(=O)n(Cc3ccc(Cl)cc3)c3ccccc32)c1. The van der Waals surface area contributed by atoms with Crippen LogP contribution >= 0.6 is 11.6 Å². The lowest BCUT2D eigenvalue weighted by molar-refractivity contribution is -0.121. The van der Waals surface area contributed by atoms with Gasteiger partial charge < -0.3 is 5.32 Å². The molecule has 0 saturated carbocycles. The number of amides is 1. The molecule has 32 heavy (non-hydrogen) atoms. The number of para-hydroxylation sites is 2. The molecule has 162 valence electrons. The molecule has 0 radical (unpaired) electrons. The summed E-state index contributed by atoms with van der Waals surface area (Å²) in [4.78, 5) is 38.5. The zero-order chi connectivity index (χ0) is 22.7. The zero-order valence-electron chi connectivity index (χ0n) is 17.5. The Morgan fingerprint density at radius 1 is 0.844 bits per heavy atom.